The largest absolute Gasteiger partial charge is 0.497 e. The third-order valence-corrected chi connectivity index (χ3v) is 6.08. The van der Waals surface area contributed by atoms with Gasteiger partial charge in [-0.3, -0.25) is 10.3 Å². The molecule has 2 heterocycles. The molecule has 0 radical (unpaired) electrons. The molecule has 1 aromatic heterocycles. The van der Waals surface area contributed by atoms with E-state index in [4.69, 9.17) is 18.9 Å². The molecule has 0 spiro atoms. The fraction of sp³-hybridized carbons (Fsp3) is 0.407. The van der Waals surface area contributed by atoms with Gasteiger partial charge in [-0.2, -0.15) is 0 Å². The Labute approximate surface area is 210 Å². The average Bonchev–Trinajstić information content (AvgIpc) is 2.93. The van der Waals surface area contributed by atoms with Crippen molar-refractivity contribution in [3.63, 3.8) is 0 Å². The van der Waals surface area contributed by atoms with Crippen LogP contribution in [0.3, 0.4) is 0 Å². The van der Waals surface area contributed by atoms with Crippen LogP contribution in [-0.2, 0) is 20.8 Å². The van der Waals surface area contributed by atoms with E-state index in [1.165, 1.54) is 10.9 Å². The summed E-state index contributed by atoms with van der Waals surface area (Å²) in [6, 6.07) is 16.0. The Bertz CT molecular complexity index is 1110. The molecule has 1 atom stereocenters. The number of hydrogen-bond acceptors (Lipinski definition) is 8. The number of rotatable bonds is 11. The van der Waals surface area contributed by atoms with Gasteiger partial charge in [0, 0.05) is 37.8 Å². The summed E-state index contributed by atoms with van der Waals surface area (Å²) in [5, 5.41) is 17.8. The Hall–Kier alpha value is -3.24. The Kier molecular flexibility index (Phi) is 9.46. The topological polar surface area (TPSA) is 111 Å². The fourth-order valence-electron chi connectivity index (χ4n) is 4.12. The van der Waals surface area contributed by atoms with Gasteiger partial charge >= 0.3 is 6.09 Å². The van der Waals surface area contributed by atoms with Crippen molar-refractivity contribution < 1.29 is 28.8 Å². The number of methoxy groups -OCH3 is 1. The van der Waals surface area contributed by atoms with Crippen LogP contribution in [0, 0.1) is 0 Å². The van der Waals surface area contributed by atoms with Crippen molar-refractivity contribution in [3.8, 4) is 5.75 Å². The molecule has 192 valence electrons. The summed E-state index contributed by atoms with van der Waals surface area (Å²) in [6.07, 6.45) is 2.88. The van der Waals surface area contributed by atoms with Crippen LogP contribution in [0.1, 0.15) is 29.9 Å². The summed E-state index contributed by atoms with van der Waals surface area (Å²) < 4.78 is 22.3. The lowest BCUT2D eigenvalue weighted by molar-refractivity contribution is -0.189. The van der Waals surface area contributed by atoms with Crippen LogP contribution >= 0.6 is 0 Å². The van der Waals surface area contributed by atoms with Crippen LogP contribution in [0.5, 0.6) is 5.75 Å². The van der Waals surface area contributed by atoms with E-state index in [9.17, 15) is 9.90 Å². The van der Waals surface area contributed by atoms with E-state index in [1.54, 1.807) is 19.5 Å². The van der Waals surface area contributed by atoms with E-state index >= 15 is 0 Å². The quantitative estimate of drug-likeness (QED) is 0.275. The number of aromatic nitrogens is 1. The smallest absolute Gasteiger partial charge is 0.407 e. The number of fused-ring (bicyclic) bond motifs is 1. The molecule has 1 amide bonds. The van der Waals surface area contributed by atoms with Crippen molar-refractivity contribution >= 4 is 16.9 Å². The number of amides is 1. The summed E-state index contributed by atoms with van der Waals surface area (Å²) in [6.45, 7) is 1.89. The SMILES string of the molecule is COc1ccc2c(C3COC(CCCNC(=O)OCC(O)NCc4ccncc4)OC3)cccc2c1. The number of ether oxygens (including phenoxy) is 4. The number of carbonyl (C=O) groups is 1. The molecule has 1 saturated heterocycles. The average molecular weight is 496 g/mol. The first-order valence-electron chi connectivity index (χ1n) is 12.1. The standard InChI is InChI=1S/C27H33N3O6/c1-33-22-7-8-24-20(14-22)4-2-5-23(24)21-16-34-26(35-17-21)6-3-11-29-27(32)36-18-25(31)30-15-19-9-12-28-13-10-19/h2,4-5,7-10,12-14,21,25-26,30-31H,3,6,11,15-18H2,1H3,(H,29,32). The van der Waals surface area contributed by atoms with E-state index in [2.05, 4.69) is 33.8 Å². The van der Waals surface area contributed by atoms with Crippen LogP contribution in [0.4, 0.5) is 4.79 Å². The van der Waals surface area contributed by atoms with Crippen molar-refractivity contribution in [2.24, 2.45) is 0 Å². The number of nitrogens with zero attached hydrogens (tertiary/aromatic N) is 1. The predicted molar refractivity (Wildman–Crippen MR) is 135 cm³/mol. The Morgan fingerprint density at radius 1 is 1.17 bits per heavy atom. The molecule has 1 fully saturated rings. The molecule has 3 aromatic rings. The molecule has 4 rings (SSSR count). The van der Waals surface area contributed by atoms with Gasteiger partial charge in [0.2, 0.25) is 0 Å². The maximum absolute atomic E-state index is 11.9. The van der Waals surface area contributed by atoms with Gasteiger partial charge in [-0.15, -0.1) is 0 Å². The maximum atomic E-state index is 11.9. The number of pyridine rings is 1. The summed E-state index contributed by atoms with van der Waals surface area (Å²) >= 11 is 0. The van der Waals surface area contributed by atoms with Crippen LogP contribution in [-0.4, -0.2) is 62.2 Å². The van der Waals surface area contributed by atoms with Crippen LogP contribution in [0.2, 0.25) is 0 Å². The van der Waals surface area contributed by atoms with Gasteiger partial charge in [-0.1, -0.05) is 24.3 Å². The van der Waals surface area contributed by atoms with Crippen molar-refractivity contribution in [2.75, 3.05) is 33.5 Å². The Balaban J connectivity index is 1.10. The molecule has 0 aliphatic carbocycles. The van der Waals surface area contributed by atoms with Crippen LogP contribution < -0.4 is 15.4 Å². The van der Waals surface area contributed by atoms with E-state index in [0.717, 1.165) is 16.7 Å². The van der Waals surface area contributed by atoms with E-state index in [1.807, 2.05) is 30.3 Å². The first-order chi connectivity index (χ1) is 17.6. The lowest BCUT2D eigenvalue weighted by Crippen LogP contribution is -2.36. The zero-order valence-electron chi connectivity index (χ0n) is 20.4. The molecular formula is C27H33N3O6. The second kappa shape index (κ2) is 13.2. The van der Waals surface area contributed by atoms with E-state index < -0.39 is 12.3 Å². The van der Waals surface area contributed by atoms with E-state index in [0.29, 0.717) is 39.1 Å². The highest BCUT2D eigenvalue weighted by molar-refractivity contribution is 5.87. The molecule has 1 unspecified atom stereocenters. The number of alkyl carbamates (subject to hydrolysis) is 1. The first-order valence-corrected chi connectivity index (χ1v) is 12.1. The van der Waals surface area contributed by atoms with Gasteiger partial charge in [0.1, 0.15) is 18.6 Å². The van der Waals surface area contributed by atoms with Gasteiger partial charge in [0.05, 0.1) is 20.3 Å². The van der Waals surface area contributed by atoms with E-state index in [-0.39, 0.29) is 18.8 Å². The Morgan fingerprint density at radius 2 is 1.97 bits per heavy atom. The number of nitrogens with one attached hydrogen (secondary N) is 2. The number of carbonyl (C=O) groups excluding carboxylic acids is 1. The molecule has 0 bridgehead atoms. The van der Waals surface area contributed by atoms with Crippen molar-refractivity contribution in [1.82, 2.24) is 15.6 Å². The lowest BCUT2D eigenvalue weighted by atomic mass is 9.94. The minimum absolute atomic E-state index is 0.145. The van der Waals surface area contributed by atoms with Crippen molar-refractivity contribution in [3.05, 3.63) is 72.1 Å². The van der Waals surface area contributed by atoms with Crippen molar-refractivity contribution in [2.45, 2.75) is 37.8 Å². The summed E-state index contributed by atoms with van der Waals surface area (Å²) in [4.78, 5) is 15.8. The van der Waals surface area contributed by atoms with Gasteiger partial charge < -0.3 is 29.4 Å². The second-order valence-electron chi connectivity index (χ2n) is 8.65. The minimum Gasteiger partial charge on any atom is -0.497 e. The normalized spacial score (nSPS) is 18.5. The summed E-state index contributed by atoms with van der Waals surface area (Å²) in [5.74, 6) is 0.993. The molecule has 9 nitrogen and oxygen atoms in total. The molecule has 0 saturated carbocycles. The number of aliphatic hydroxyl groups excluding tert-OH is 1. The summed E-state index contributed by atoms with van der Waals surface area (Å²) in [7, 11) is 1.67. The molecule has 2 aromatic carbocycles. The molecule has 3 N–H and O–H groups in total. The zero-order chi connectivity index (χ0) is 25.2. The number of hydrogen-bond donors (Lipinski definition) is 3. The highest BCUT2D eigenvalue weighted by atomic mass is 16.7. The monoisotopic (exact) mass is 495 g/mol. The lowest BCUT2D eigenvalue weighted by Gasteiger charge is -2.30. The van der Waals surface area contributed by atoms with Gasteiger partial charge in [-0.05, 0) is 52.6 Å². The highest BCUT2D eigenvalue weighted by Crippen LogP contribution is 2.31. The number of benzene rings is 2. The maximum Gasteiger partial charge on any atom is 0.407 e. The minimum atomic E-state index is -0.954. The number of aliphatic hydroxyl groups is 1. The third-order valence-electron chi connectivity index (χ3n) is 6.08. The van der Waals surface area contributed by atoms with Crippen molar-refractivity contribution in [1.29, 1.82) is 0 Å². The molecule has 1 aliphatic heterocycles. The zero-order valence-corrected chi connectivity index (χ0v) is 20.4. The third kappa shape index (κ3) is 7.38. The molecule has 1 aliphatic rings. The first kappa shape index (κ1) is 25.8. The van der Waals surface area contributed by atoms with Crippen LogP contribution in [0.25, 0.3) is 10.8 Å². The Morgan fingerprint density at radius 3 is 2.75 bits per heavy atom. The van der Waals surface area contributed by atoms with Gasteiger partial charge in [-0.25, -0.2) is 4.79 Å². The summed E-state index contributed by atoms with van der Waals surface area (Å²) in [5.41, 5.74) is 2.18. The van der Waals surface area contributed by atoms with Gasteiger partial charge in [0.15, 0.2) is 6.29 Å². The second-order valence-corrected chi connectivity index (χ2v) is 8.65. The molecule has 36 heavy (non-hydrogen) atoms. The van der Waals surface area contributed by atoms with Gasteiger partial charge in [0.25, 0.3) is 0 Å². The predicted octanol–water partition coefficient (Wildman–Crippen LogP) is 3.31. The molecular weight excluding hydrogens is 462 g/mol. The fourth-order valence-corrected chi connectivity index (χ4v) is 4.12. The molecule has 9 heteroatoms. The van der Waals surface area contributed by atoms with Crippen LogP contribution in [0.15, 0.2) is 60.9 Å². The highest BCUT2D eigenvalue weighted by Gasteiger charge is 2.24.